The first-order valence-electron chi connectivity index (χ1n) is 8.10. The number of hydrogen-bond donors (Lipinski definition) is 1. The van der Waals surface area contributed by atoms with E-state index in [1.54, 1.807) is 6.92 Å². The van der Waals surface area contributed by atoms with Gasteiger partial charge in [0, 0.05) is 7.05 Å². The predicted molar refractivity (Wildman–Crippen MR) is 93.6 cm³/mol. The number of carbonyl (C=O) groups is 2. The van der Waals surface area contributed by atoms with Crippen LogP contribution in [0, 0.1) is 0 Å². The maximum absolute atomic E-state index is 13.0. The molecule has 6 nitrogen and oxygen atoms in total. The van der Waals surface area contributed by atoms with E-state index in [-0.39, 0.29) is 12.5 Å². The van der Waals surface area contributed by atoms with Crippen molar-refractivity contribution in [1.29, 1.82) is 0 Å². The number of hydrogen-bond acceptors (Lipinski definition) is 3. The molecule has 1 N–H and O–H groups in total. The summed E-state index contributed by atoms with van der Waals surface area (Å²) < 4.78 is 1.91. The molecule has 0 spiro atoms. The minimum Gasteiger partial charge on any atom is -0.330 e. The lowest BCUT2D eigenvalue weighted by atomic mass is 9.92. The van der Waals surface area contributed by atoms with Gasteiger partial charge in [-0.15, -0.1) is 0 Å². The summed E-state index contributed by atoms with van der Waals surface area (Å²) in [6.45, 7) is 1.87. The Labute approximate surface area is 145 Å². The molecule has 4 rings (SSSR count). The number of urea groups is 1. The Balaban J connectivity index is 1.68. The first kappa shape index (κ1) is 15.4. The van der Waals surface area contributed by atoms with Crippen LogP contribution in [0.3, 0.4) is 0 Å². The van der Waals surface area contributed by atoms with E-state index in [1.807, 2.05) is 66.2 Å². The van der Waals surface area contributed by atoms with Crippen LogP contribution in [0.15, 0.2) is 54.6 Å². The van der Waals surface area contributed by atoms with Gasteiger partial charge in [0.2, 0.25) is 0 Å². The van der Waals surface area contributed by atoms with Gasteiger partial charge in [-0.2, -0.15) is 0 Å². The molecule has 0 aliphatic carbocycles. The van der Waals surface area contributed by atoms with E-state index in [0.717, 1.165) is 16.6 Å². The normalized spacial score (nSPS) is 20.3. The molecule has 3 amide bonds. The third-order valence-corrected chi connectivity index (χ3v) is 4.81. The van der Waals surface area contributed by atoms with Crippen molar-refractivity contribution in [3.05, 3.63) is 66.0 Å². The highest BCUT2D eigenvalue weighted by Crippen LogP contribution is 2.29. The smallest absolute Gasteiger partial charge is 0.325 e. The standard InChI is InChI=1S/C19H18N4O2/c1-19(13-8-4-3-5-9-13)17(24)23(18(25)21-19)12-16-20-14-10-6-7-11-15(14)22(16)2/h3-11H,12H2,1-2H3,(H,21,25). The van der Waals surface area contributed by atoms with Crippen LogP contribution in [0.5, 0.6) is 0 Å². The number of benzene rings is 2. The Morgan fingerprint density at radius 1 is 1.04 bits per heavy atom. The van der Waals surface area contributed by atoms with Crippen LogP contribution in [0.2, 0.25) is 0 Å². The summed E-state index contributed by atoms with van der Waals surface area (Å²) in [4.78, 5) is 31.2. The SMILES string of the molecule is Cn1c(CN2C(=O)NC(C)(c3ccccc3)C2=O)nc2ccccc21. The summed E-state index contributed by atoms with van der Waals surface area (Å²) >= 11 is 0. The molecule has 1 saturated heterocycles. The second kappa shape index (κ2) is 5.44. The number of nitrogens with zero attached hydrogens (tertiary/aromatic N) is 3. The third kappa shape index (κ3) is 2.29. The number of aryl methyl sites for hydroxylation is 1. The zero-order valence-electron chi connectivity index (χ0n) is 14.1. The summed E-state index contributed by atoms with van der Waals surface area (Å²) in [6.07, 6.45) is 0. The van der Waals surface area contributed by atoms with Gasteiger partial charge >= 0.3 is 6.03 Å². The van der Waals surface area contributed by atoms with Crippen molar-refractivity contribution >= 4 is 23.0 Å². The van der Waals surface area contributed by atoms with Gasteiger partial charge in [-0.05, 0) is 24.6 Å². The van der Waals surface area contributed by atoms with Crippen molar-refractivity contribution in [1.82, 2.24) is 19.8 Å². The van der Waals surface area contributed by atoms with Gasteiger partial charge in [0.1, 0.15) is 11.4 Å². The van der Waals surface area contributed by atoms with Gasteiger partial charge in [-0.25, -0.2) is 9.78 Å². The molecule has 3 aromatic rings. The zero-order valence-corrected chi connectivity index (χ0v) is 14.1. The lowest BCUT2D eigenvalue weighted by molar-refractivity contribution is -0.131. The monoisotopic (exact) mass is 334 g/mol. The van der Waals surface area contributed by atoms with E-state index in [2.05, 4.69) is 10.3 Å². The van der Waals surface area contributed by atoms with E-state index in [9.17, 15) is 9.59 Å². The van der Waals surface area contributed by atoms with Crippen molar-refractivity contribution in [3.63, 3.8) is 0 Å². The summed E-state index contributed by atoms with van der Waals surface area (Å²) in [5.41, 5.74) is 1.53. The van der Waals surface area contributed by atoms with Crippen LogP contribution < -0.4 is 5.32 Å². The van der Waals surface area contributed by atoms with Gasteiger partial charge in [0.25, 0.3) is 5.91 Å². The Hall–Kier alpha value is -3.15. The van der Waals surface area contributed by atoms with Gasteiger partial charge in [0.15, 0.2) is 0 Å². The van der Waals surface area contributed by atoms with Crippen LogP contribution in [0.1, 0.15) is 18.3 Å². The summed E-state index contributed by atoms with van der Waals surface area (Å²) in [6, 6.07) is 16.6. The Morgan fingerprint density at radius 2 is 1.72 bits per heavy atom. The van der Waals surface area contributed by atoms with Crippen LogP contribution in [0.25, 0.3) is 11.0 Å². The minimum atomic E-state index is -1.05. The molecule has 6 heteroatoms. The molecule has 126 valence electrons. The van der Waals surface area contributed by atoms with E-state index >= 15 is 0 Å². The fourth-order valence-corrected chi connectivity index (χ4v) is 3.29. The molecule has 0 radical (unpaired) electrons. The van der Waals surface area contributed by atoms with E-state index < -0.39 is 11.6 Å². The highest BCUT2D eigenvalue weighted by Gasteiger charge is 2.49. The molecular weight excluding hydrogens is 316 g/mol. The fraction of sp³-hybridized carbons (Fsp3) is 0.211. The molecule has 2 aromatic carbocycles. The number of imidazole rings is 1. The molecule has 0 bridgehead atoms. The van der Waals surface area contributed by atoms with Crippen molar-refractivity contribution in [2.24, 2.45) is 7.05 Å². The lowest BCUT2D eigenvalue weighted by Crippen LogP contribution is -2.40. The van der Waals surface area contributed by atoms with E-state index in [4.69, 9.17) is 0 Å². The number of fused-ring (bicyclic) bond motifs is 1. The Morgan fingerprint density at radius 3 is 2.44 bits per heavy atom. The van der Waals surface area contributed by atoms with E-state index in [0.29, 0.717) is 5.82 Å². The largest absolute Gasteiger partial charge is 0.330 e. The number of para-hydroxylation sites is 2. The average Bonchev–Trinajstić information content (AvgIpc) is 3.06. The summed E-state index contributed by atoms with van der Waals surface area (Å²) in [7, 11) is 1.89. The fourth-order valence-electron chi connectivity index (χ4n) is 3.29. The molecular formula is C19H18N4O2. The number of imide groups is 1. The summed E-state index contributed by atoms with van der Waals surface area (Å²) in [5, 5.41) is 2.82. The van der Waals surface area contributed by atoms with Crippen molar-refractivity contribution < 1.29 is 9.59 Å². The Kier molecular flexibility index (Phi) is 3.35. The lowest BCUT2D eigenvalue weighted by Gasteiger charge is -2.22. The molecule has 2 heterocycles. The van der Waals surface area contributed by atoms with Crippen LogP contribution in [-0.4, -0.2) is 26.4 Å². The van der Waals surface area contributed by atoms with E-state index in [1.165, 1.54) is 4.90 Å². The highest BCUT2D eigenvalue weighted by molar-refractivity contribution is 6.07. The second-order valence-electron chi connectivity index (χ2n) is 6.39. The number of rotatable bonds is 3. The first-order chi connectivity index (χ1) is 12.0. The van der Waals surface area contributed by atoms with Crippen LogP contribution >= 0.6 is 0 Å². The number of carbonyl (C=O) groups excluding carboxylic acids is 2. The highest BCUT2D eigenvalue weighted by atomic mass is 16.2. The second-order valence-corrected chi connectivity index (χ2v) is 6.39. The number of nitrogens with one attached hydrogen (secondary N) is 1. The van der Waals surface area contributed by atoms with Crippen molar-refractivity contribution in [3.8, 4) is 0 Å². The third-order valence-electron chi connectivity index (χ3n) is 4.81. The molecule has 1 aliphatic rings. The zero-order chi connectivity index (χ0) is 17.6. The average molecular weight is 334 g/mol. The first-order valence-corrected chi connectivity index (χ1v) is 8.10. The van der Waals surface area contributed by atoms with Crippen LogP contribution in [-0.2, 0) is 23.9 Å². The maximum Gasteiger partial charge on any atom is 0.325 e. The van der Waals surface area contributed by atoms with Gasteiger partial charge in [-0.1, -0.05) is 42.5 Å². The molecule has 1 unspecified atom stereocenters. The minimum absolute atomic E-state index is 0.137. The van der Waals surface area contributed by atoms with Gasteiger partial charge < -0.3 is 9.88 Å². The van der Waals surface area contributed by atoms with Gasteiger partial charge in [-0.3, -0.25) is 9.69 Å². The summed E-state index contributed by atoms with van der Waals surface area (Å²) in [5.74, 6) is 0.401. The molecule has 0 saturated carbocycles. The number of aromatic nitrogens is 2. The maximum atomic E-state index is 13.0. The predicted octanol–water partition coefficient (Wildman–Crippen LogP) is 2.54. The van der Waals surface area contributed by atoms with Gasteiger partial charge in [0.05, 0.1) is 17.6 Å². The molecule has 1 atom stereocenters. The molecule has 1 aliphatic heterocycles. The van der Waals surface area contributed by atoms with Crippen molar-refractivity contribution in [2.75, 3.05) is 0 Å². The van der Waals surface area contributed by atoms with Crippen molar-refractivity contribution in [2.45, 2.75) is 19.0 Å². The molecule has 1 aromatic heterocycles. The molecule has 1 fully saturated rings. The number of amides is 3. The quantitative estimate of drug-likeness (QED) is 0.749. The Bertz CT molecular complexity index is 980. The molecule has 25 heavy (non-hydrogen) atoms. The van der Waals surface area contributed by atoms with Crippen LogP contribution in [0.4, 0.5) is 4.79 Å². The topological polar surface area (TPSA) is 67.2 Å².